The number of amidine groups is 1. The van der Waals surface area contributed by atoms with Crippen molar-refractivity contribution in [2.45, 2.75) is 52.4 Å². The maximum Gasteiger partial charge on any atom is 0.267 e. The smallest absolute Gasteiger partial charge is 0.267 e. The summed E-state index contributed by atoms with van der Waals surface area (Å²) in [6.45, 7) is 11.0. The minimum atomic E-state index is -2.57. The molecule has 0 fully saturated rings. The van der Waals surface area contributed by atoms with Crippen LogP contribution in [0.5, 0.6) is 5.75 Å². The Morgan fingerprint density at radius 1 is 1.30 bits per heavy atom. The molecule has 1 aromatic carbocycles. The van der Waals surface area contributed by atoms with Gasteiger partial charge in [0, 0.05) is 20.8 Å². The quantitative estimate of drug-likeness (QED) is 0.307. The number of rotatable bonds is 7. The molecule has 0 spiro atoms. The lowest BCUT2D eigenvalue weighted by atomic mass is 10.1. The van der Waals surface area contributed by atoms with E-state index in [0.717, 1.165) is 18.0 Å². The van der Waals surface area contributed by atoms with Crippen LogP contribution in [0.15, 0.2) is 17.1 Å². The Kier molecular flexibility index (Phi) is 7.19. The molecule has 6 heteroatoms. The standard InChI is InChI=1S/C17H28F2N2OSi/c1-12-10-16(22-8-7-9-23(4,5)6)14(17(18)19)11-15(12)21-13(2)20-3/h10-11,17H,7-9H2,1-6H3,(H,20,21). The number of halogens is 2. The Morgan fingerprint density at radius 3 is 2.48 bits per heavy atom. The molecule has 0 saturated heterocycles. The highest BCUT2D eigenvalue weighted by Crippen LogP contribution is 2.34. The molecule has 0 amide bonds. The number of benzene rings is 1. The summed E-state index contributed by atoms with van der Waals surface area (Å²) in [7, 11) is 0.530. The summed E-state index contributed by atoms with van der Waals surface area (Å²) in [6.07, 6.45) is -1.67. The Labute approximate surface area is 139 Å². The molecule has 0 aliphatic rings. The largest absolute Gasteiger partial charge is 0.493 e. The van der Waals surface area contributed by atoms with Crippen LogP contribution in [0.25, 0.3) is 0 Å². The summed E-state index contributed by atoms with van der Waals surface area (Å²) in [6, 6.07) is 4.27. The first-order valence-corrected chi connectivity index (χ1v) is 11.6. The van der Waals surface area contributed by atoms with Crippen LogP contribution in [0.4, 0.5) is 14.5 Å². The van der Waals surface area contributed by atoms with Crippen molar-refractivity contribution < 1.29 is 13.5 Å². The molecule has 1 rings (SSSR count). The Balaban J connectivity index is 2.88. The fourth-order valence-corrected chi connectivity index (χ4v) is 3.37. The van der Waals surface area contributed by atoms with Gasteiger partial charge in [-0.3, -0.25) is 4.99 Å². The average Bonchev–Trinajstić information content (AvgIpc) is 2.44. The van der Waals surface area contributed by atoms with Gasteiger partial charge in [0.25, 0.3) is 6.43 Å². The summed E-state index contributed by atoms with van der Waals surface area (Å²) in [5.74, 6) is 0.960. The molecule has 0 heterocycles. The summed E-state index contributed by atoms with van der Waals surface area (Å²) in [5.41, 5.74) is 1.42. The van der Waals surface area contributed by atoms with E-state index in [2.05, 4.69) is 30.0 Å². The lowest BCUT2D eigenvalue weighted by Crippen LogP contribution is -2.20. The van der Waals surface area contributed by atoms with Gasteiger partial charge in [0.1, 0.15) is 5.75 Å². The van der Waals surface area contributed by atoms with Crippen LogP contribution in [-0.4, -0.2) is 27.6 Å². The molecule has 0 aliphatic carbocycles. The van der Waals surface area contributed by atoms with E-state index >= 15 is 0 Å². The Hall–Kier alpha value is -1.43. The van der Waals surface area contributed by atoms with Crippen molar-refractivity contribution in [2.24, 2.45) is 4.99 Å². The van der Waals surface area contributed by atoms with Gasteiger partial charge < -0.3 is 10.1 Å². The third kappa shape index (κ3) is 6.68. The molecule has 3 nitrogen and oxygen atoms in total. The van der Waals surface area contributed by atoms with Crippen molar-refractivity contribution in [1.29, 1.82) is 0 Å². The molecule has 0 aliphatic heterocycles. The first-order valence-electron chi connectivity index (χ1n) is 7.90. The van der Waals surface area contributed by atoms with Crippen molar-refractivity contribution in [2.75, 3.05) is 19.0 Å². The van der Waals surface area contributed by atoms with Gasteiger partial charge in [0.05, 0.1) is 18.0 Å². The monoisotopic (exact) mass is 342 g/mol. The van der Waals surface area contributed by atoms with Gasteiger partial charge in [-0.25, -0.2) is 8.78 Å². The van der Waals surface area contributed by atoms with E-state index in [4.69, 9.17) is 4.74 Å². The third-order valence-corrected chi connectivity index (χ3v) is 5.43. The third-order valence-electron chi connectivity index (χ3n) is 3.57. The summed E-state index contributed by atoms with van der Waals surface area (Å²) in [4.78, 5) is 4.00. The molecule has 0 saturated carbocycles. The van der Waals surface area contributed by atoms with Crippen LogP contribution < -0.4 is 10.1 Å². The zero-order valence-corrected chi connectivity index (χ0v) is 16.0. The topological polar surface area (TPSA) is 33.6 Å². The average molecular weight is 343 g/mol. The molecule has 0 aromatic heterocycles. The Bertz CT molecular complexity index is 554. The second kappa shape index (κ2) is 8.43. The number of ether oxygens (including phenoxy) is 1. The molecule has 0 radical (unpaired) electrons. The van der Waals surface area contributed by atoms with Crippen molar-refractivity contribution >= 4 is 19.6 Å². The summed E-state index contributed by atoms with van der Waals surface area (Å²) < 4.78 is 32.3. The molecular weight excluding hydrogens is 314 g/mol. The first kappa shape index (κ1) is 19.6. The van der Waals surface area contributed by atoms with Gasteiger partial charge in [-0.1, -0.05) is 25.7 Å². The minimum Gasteiger partial charge on any atom is -0.493 e. The van der Waals surface area contributed by atoms with E-state index < -0.39 is 14.5 Å². The maximum absolute atomic E-state index is 13.3. The van der Waals surface area contributed by atoms with Crippen LogP contribution in [0, 0.1) is 6.92 Å². The lowest BCUT2D eigenvalue weighted by molar-refractivity contribution is 0.145. The SMILES string of the molecule is CN=C(C)Nc1cc(C(F)F)c(OCCC[Si](C)(C)C)cc1C. The van der Waals surface area contributed by atoms with Crippen molar-refractivity contribution in [3.8, 4) is 5.75 Å². The lowest BCUT2D eigenvalue weighted by Gasteiger charge is -2.18. The van der Waals surface area contributed by atoms with Gasteiger partial charge >= 0.3 is 0 Å². The fraction of sp³-hybridized carbons (Fsp3) is 0.588. The van der Waals surface area contributed by atoms with Crippen molar-refractivity contribution in [1.82, 2.24) is 0 Å². The van der Waals surface area contributed by atoms with Crippen LogP contribution in [0.2, 0.25) is 25.7 Å². The second-order valence-corrected chi connectivity index (χ2v) is 12.6. The van der Waals surface area contributed by atoms with Crippen LogP contribution in [0.1, 0.15) is 30.9 Å². The molecule has 0 atom stereocenters. The van der Waals surface area contributed by atoms with Crippen molar-refractivity contribution in [3.05, 3.63) is 23.3 Å². The van der Waals surface area contributed by atoms with Gasteiger partial charge in [0.2, 0.25) is 0 Å². The van der Waals surface area contributed by atoms with Crippen LogP contribution in [-0.2, 0) is 0 Å². The highest BCUT2D eigenvalue weighted by molar-refractivity contribution is 6.76. The predicted molar refractivity (Wildman–Crippen MR) is 97.1 cm³/mol. The van der Waals surface area contributed by atoms with Crippen LogP contribution in [0.3, 0.4) is 0 Å². The molecule has 1 aromatic rings. The molecule has 130 valence electrons. The first-order chi connectivity index (χ1) is 10.6. The molecular formula is C17H28F2N2OSi. The van der Waals surface area contributed by atoms with E-state index in [9.17, 15) is 8.78 Å². The van der Waals surface area contributed by atoms with Gasteiger partial charge in [-0.05, 0) is 38.0 Å². The number of nitrogens with one attached hydrogen (secondary N) is 1. The van der Waals surface area contributed by atoms with Gasteiger partial charge in [-0.2, -0.15) is 0 Å². The highest BCUT2D eigenvalue weighted by atomic mass is 28.3. The second-order valence-electron chi connectivity index (χ2n) is 6.95. The number of aliphatic imine (C=N–C) groups is 1. The van der Waals surface area contributed by atoms with E-state index in [1.54, 1.807) is 20.0 Å². The number of hydrogen-bond acceptors (Lipinski definition) is 2. The number of anilines is 1. The fourth-order valence-electron chi connectivity index (χ4n) is 2.16. The summed E-state index contributed by atoms with van der Waals surface area (Å²) in [5, 5.41) is 3.04. The molecule has 0 unspecified atom stereocenters. The number of alkyl halides is 2. The number of aryl methyl sites for hydroxylation is 1. The Morgan fingerprint density at radius 2 is 1.96 bits per heavy atom. The van der Waals surface area contributed by atoms with E-state index in [1.807, 2.05) is 6.92 Å². The van der Waals surface area contributed by atoms with E-state index in [1.165, 1.54) is 6.07 Å². The van der Waals surface area contributed by atoms with E-state index in [0.29, 0.717) is 18.1 Å². The molecule has 0 bridgehead atoms. The van der Waals surface area contributed by atoms with Crippen molar-refractivity contribution in [3.63, 3.8) is 0 Å². The summed E-state index contributed by atoms with van der Waals surface area (Å²) >= 11 is 0. The zero-order valence-electron chi connectivity index (χ0n) is 15.0. The molecule has 1 N–H and O–H groups in total. The van der Waals surface area contributed by atoms with Gasteiger partial charge in [0.15, 0.2) is 0 Å². The van der Waals surface area contributed by atoms with E-state index in [-0.39, 0.29) is 11.3 Å². The number of nitrogens with zero attached hydrogens (tertiary/aromatic N) is 1. The van der Waals surface area contributed by atoms with Crippen LogP contribution >= 0.6 is 0 Å². The predicted octanol–water partition coefficient (Wildman–Crippen LogP) is 5.50. The molecule has 23 heavy (non-hydrogen) atoms. The minimum absolute atomic E-state index is 0.0741. The normalized spacial score (nSPS) is 12.7. The number of hydrogen-bond donors (Lipinski definition) is 1. The maximum atomic E-state index is 13.3. The van der Waals surface area contributed by atoms with Gasteiger partial charge in [-0.15, -0.1) is 0 Å². The zero-order chi connectivity index (χ0) is 17.6. The highest BCUT2D eigenvalue weighted by Gasteiger charge is 2.18.